The summed E-state index contributed by atoms with van der Waals surface area (Å²) in [6.07, 6.45) is 4.98. The molecule has 17 heteroatoms. The molecule has 0 bridgehead atoms. The van der Waals surface area contributed by atoms with Crippen LogP contribution in [-0.2, 0) is 40.0 Å². The van der Waals surface area contributed by atoms with E-state index < -0.39 is 71.8 Å². The van der Waals surface area contributed by atoms with Gasteiger partial charge in [0.1, 0.15) is 30.2 Å². The number of H-pyrrole nitrogens is 1. The molecule has 55 heavy (non-hydrogen) atoms. The second-order valence-corrected chi connectivity index (χ2v) is 15.0. The molecule has 2 saturated heterocycles. The maximum absolute atomic E-state index is 14.1. The maximum atomic E-state index is 14.1. The van der Waals surface area contributed by atoms with Gasteiger partial charge in [-0.25, -0.2) is 4.79 Å². The molecule has 0 spiro atoms. The molecule has 2 aromatic rings. The van der Waals surface area contributed by atoms with Gasteiger partial charge in [0, 0.05) is 43.0 Å². The number of primary amides is 1. The Kier molecular flexibility index (Phi) is 15.6. The van der Waals surface area contributed by atoms with Crippen LogP contribution in [0.2, 0.25) is 0 Å². The van der Waals surface area contributed by atoms with Crippen molar-refractivity contribution in [3.05, 3.63) is 36.0 Å². The molecular formula is C38H57N9O8. The lowest BCUT2D eigenvalue weighted by molar-refractivity contribution is -0.149. The Hall–Kier alpha value is -5.03. The van der Waals surface area contributed by atoms with Crippen LogP contribution in [0, 0.1) is 5.92 Å². The molecule has 6 amide bonds. The number of rotatable bonds is 20. The number of nitrogens with zero attached hydrogens (tertiary/aromatic N) is 2. The van der Waals surface area contributed by atoms with Gasteiger partial charge < -0.3 is 53.0 Å². The van der Waals surface area contributed by atoms with E-state index in [-0.39, 0.29) is 50.5 Å². The van der Waals surface area contributed by atoms with Crippen molar-refractivity contribution in [2.75, 3.05) is 19.6 Å². The minimum Gasteiger partial charge on any atom is -0.480 e. The summed E-state index contributed by atoms with van der Waals surface area (Å²) in [5, 5.41) is 18.9. The summed E-state index contributed by atoms with van der Waals surface area (Å²) in [5.41, 5.74) is 18.7. The quantitative estimate of drug-likeness (QED) is 0.0836. The lowest BCUT2D eigenvalue weighted by Crippen LogP contribution is -2.59. The standard InChI is InChI=1S/C38H57N9O8/c1-22(2)19-28(34(50)45-29(37(53)47-18-8-13-31(47)38(54)55)20-23-21-42-26-11-4-3-9-24(23)26)44-33(49)27(14-15-32(41)48)43-35(51)30-12-7-17-46(30)36(52)25(40)10-5-6-16-39/h3-4,9,11,21-22,25,27-31,42H,5-8,10,12-20,39-40H2,1-2H3,(H2,41,48)(H,43,51)(H,44,49)(H,45,50)(H,54,55). The number of aromatic amines is 1. The summed E-state index contributed by atoms with van der Waals surface area (Å²) in [6.45, 7) is 4.70. The van der Waals surface area contributed by atoms with Gasteiger partial charge in [-0.15, -0.1) is 0 Å². The Balaban J connectivity index is 1.53. The highest BCUT2D eigenvalue weighted by molar-refractivity contribution is 5.97. The van der Waals surface area contributed by atoms with Crippen molar-refractivity contribution < 1.29 is 38.7 Å². The number of carbonyl (C=O) groups is 7. The van der Waals surface area contributed by atoms with Gasteiger partial charge in [-0.1, -0.05) is 38.5 Å². The number of amides is 6. The Morgan fingerprint density at radius 1 is 0.855 bits per heavy atom. The highest BCUT2D eigenvalue weighted by Gasteiger charge is 2.40. The fourth-order valence-electron chi connectivity index (χ4n) is 7.43. The predicted molar refractivity (Wildman–Crippen MR) is 204 cm³/mol. The molecule has 4 rings (SSSR count). The Labute approximate surface area is 320 Å². The van der Waals surface area contributed by atoms with Crippen LogP contribution < -0.4 is 33.2 Å². The monoisotopic (exact) mass is 767 g/mol. The first-order valence-electron chi connectivity index (χ1n) is 19.3. The van der Waals surface area contributed by atoms with E-state index >= 15 is 0 Å². The van der Waals surface area contributed by atoms with Crippen LogP contribution in [0.15, 0.2) is 30.5 Å². The van der Waals surface area contributed by atoms with Gasteiger partial charge >= 0.3 is 5.97 Å². The van der Waals surface area contributed by atoms with Gasteiger partial charge in [0.25, 0.3) is 0 Å². The zero-order valence-corrected chi connectivity index (χ0v) is 31.8. The topological polar surface area (TPSA) is 276 Å². The number of hydrogen-bond donors (Lipinski definition) is 8. The number of likely N-dealkylation sites (tertiary alicyclic amines) is 2. The molecular weight excluding hydrogens is 710 g/mol. The van der Waals surface area contributed by atoms with E-state index in [9.17, 15) is 38.7 Å². The third kappa shape index (κ3) is 11.5. The molecule has 2 aliphatic heterocycles. The average molecular weight is 768 g/mol. The summed E-state index contributed by atoms with van der Waals surface area (Å²) in [6, 6.07) is 1.09. The van der Waals surface area contributed by atoms with Crippen molar-refractivity contribution in [3.8, 4) is 0 Å². The fourth-order valence-corrected chi connectivity index (χ4v) is 7.43. The van der Waals surface area contributed by atoms with Crippen molar-refractivity contribution in [2.24, 2.45) is 23.1 Å². The van der Waals surface area contributed by atoms with E-state index in [1.165, 1.54) is 9.80 Å². The van der Waals surface area contributed by atoms with Crippen molar-refractivity contribution in [3.63, 3.8) is 0 Å². The van der Waals surface area contributed by atoms with Crippen LogP contribution in [0.4, 0.5) is 0 Å². The summed E-state index contributed by atoms with van der Waals surface area (Å²) in [4.78, 5) is 98.6. The van der Waals surface area contributed by atoms with E-state index in [0.29, 0.717) is 51.6 Å². The minimum absolute atomic E-state index is 0.0460. The SMILES string of the molecule is CC(C)CC(NC(=O)C(CCC(N)=O)NC(=O)C1CCCN1C(=O)C(N)CCCCN)C(=O)NC(Cc1c[nH]c2ccccc12)C(=O)N1CCCC1C(=O)O. The smallest absolute Gasteiger partial charge is 0.326 e. The molecule has 0 saturated carbocycles. The third-order valence-electron chi connectivity index (χ3n) is 10.3. The maximum Gasteiger partial charge on any atom is 0.326 e. The molecule has 3 heterocycles. The predicted octanol–water partition coefficient (Wildman–Crippen LogP) is -0.000700. The number of nitrogens with two attached hydrogens (primary N) is 3. The van der Waals surface area contributed by atoms with Crippen LogP contribution >= 0.6 is 0 Å². The number of aromatic nitrogens is 1. The van der Waals surface area contributed by atoms with E-state index in [1.807, 2.05) is 38.1 Å². The number of carboxylic acids is 1. The molecule has 11 N–H and O–H groups in total. The molecule has 302 valence electrons. The Morgan fingerprint density at radius 2 is 1.49 bits per heavy atom. The van der Waals surface area contributed by atoms with Crippen LogP contribution in [0.3, 0.4) is 0 Å². The number of aliphatic carboxylic acids is 1. The summed E-state index contributed by atoms with van der Waals surface area (Å²) in [5.74, 6) is -4.91. The van der Waals surface area contributed by atoms with E-state index in [0.717, 1.165) is 16.5 Å². The van der Waals surface area contributed by atoms with Gasteiger partial charge in [0.2, 0.25) is 35.4 Å². The molecule has 2 fully saturated rings. The van der Waals surface area contributed by atoms with Crippen LogP contribution in [0.1, 0.15) is 83.6 Å². The first kappa shape index (κ1) is 42.7. The zero-order chi connectivity index (χ0) is 40.2. The van der Waals surface area contributed by atoms with Gasteiger partial charge in [0.15, 0.2) is 0 Å². The molecule has 6 unspecified atom stereocenters. The molecule has 2 aliphatic rings. The van der Waals surface area contributed by atoms with Crippen molar-refractivity contribution in [2.45, 2.75) is 121 Å². The van der Waals surface area contributed by atoms with Gasteiger partial charge in [-0.3, -0.25) is 28.8 Å². The minimum atomic E-state index is -1.29. The van der Waals surface area contributed by atoms with Crippen molar-refractivity contribution in [1.82, 2.24) is 30.7 Å². The van der Waals surface area contributed by atoms with Crippen molar-refractivity contribution >= 4 is 52.3 Å². The van der Waals surface area contributed by atoms with Gasteiger partial charge in [-0.05, 0) is 75.5 Å². The number of fused-ring (bicyclic) bond motifs is 1. The molecule has 1 aromatic carbocycles. The number of carboxylic acid groups (broad SMARTS) is 1. The van der Waals surface area contributed by atoms with Crippen molar-refractivity contribution in [1.29, 1.82) is 0 Å². The highest BCUT2D eigenvalue weighted by atomic mass is 16.4. The van der Waals surface area contributed by atoms with Crippen LogP contribution in [0.25, 0.3) is 10.9 Å². The fraction of sp³-hybridized carbons (Fsp3) is 0.605. The summed E-state index contributed by atoms with van der Waals surface area (Å²) >= 11 is 0. The number of carbonyl (C=O) groups excluding carboxylic acids is 6. The Bertz CT molecular complexity index is 1700. The lowest BCUT2D eigenvalue weighted by atomic mass is 9.99. The first-order chi connectivity index (χ1) is 26.2. The molecule has 1 aromatic heterocycles. The van der Waals surface area contributed by atoms with Crippen LogP contribution in [0.5, 0.6) is 0 Å². The third-order valence-corrected chi connectivity index (χ3v) is 10.3. The van der Waals surface area contributed by atoms with Crippen LogP contribution in [-0.4, -0.2) is 117 Å². The average Bonchev–Trinajstić information content (AvgIpc) is 3.92. The van der Waals surface area contributed by atoms with E-state index in [2.05, 4.69) is 20.9 Å². The number of hydrogen-bond acceptors (Lipinski definition) is 9. The summed E-state index contributed by atoms with van der Waals surface area (Å²) < 4.78 is 0. The molecule has 6 atom stereocenters. The Morgan fingerprint density at radius 3 is 2.15 bits per heavy atom. The molecule has 17 nitrogen and oxygen atoms in total. The zero-order valence-electron chi connectivity index (χ0n) is 31.8. The first-order valence-corrected chi connectivity index (χ1v) is 19.3. The lowest BCUT2D eigenvalue weighted by Gasteiger charge is -2.30. The van der Waals surface area contributed by atoms with Gasteiger partial charge in [-0.2, -0.15) is 0 Å². The highest BCUT2D eigenvalue weighted by Crippen LogP contribution is 2.24. The molecule has 0 aliphatic carbocycles. The second-order valence-electron chi connectivity index (χ2n) is 15.0. The number of para-hydroxylation sites is 1. The number of unbranched alkanes of at least 4 members (excludes halogenated alkanes) is 1. The number of benzene rings is 1. The number of nitrogens with one attached hydrogen (secondary N) is 4. The largest absolute Gasteiger partial charge is 0.480 e. The summed E-state index contributed by atoms with van der Waals surface area (Å²) in [7, 11) is 0. The van der Waals surface area contributed by atoms with E-state index in [1.54, 1.807) is 6.20 Å². The second kappa shape index (κ2) is 20.0. The van der Waals surface area contributed by atoms with Gasteiger partial charge in [0.05, 0.1) is 6.04 Å². The molecule has 0 radical (unpaired) electrons. The van der Waals surface area contributed by atoms with E-state index in [4.69, 9.17) is 17.2 Å². The normalized spacial score (nSPS) is 19.1.